The van der Waals surface area contributed by atoms with E-state index in [1.807, 2.05) is 0 Å². The van der Waals surface area contributed by atoms with Crippen LogP contribution in [-0.2, 0) is 6.18 Å². The van der Waals surface area contributed by atoms with E-state index in [2.05, 4.69) is 13.8 Å². The van der Waals surface area contributed by atoms with Crippen LogP contribution in [0.5, 0.6) is 0 Å². The van der Waals surface area contributed by atoms with Crippen molar-refractivity contribution in [1.29, 1.82) is 0 Å². The van der Waals surface area contributed by atoms with Crippen molar-refractivity contribution in [3.63, 3.8) is 0 Å². The van der Waals surface area contributed by atoms with Crippen molar-refractivity contribution in [3.05, 3.63) is 35.4 Å². The van der Waals surface area contributed by atoms with E-state index >= 15 is 0 Å². The molecule has 4 heteroatoms. The number of rotatable bonds is 7. The van der Waals surface area contributed by atoms with Gasteiger partial charge in [0.05, 0.1) is 11.7 Å². The number of hydrogen-bond acceptors (Lipinski definition) is 1. The summed E-state index contributed by atoms with van der Waals surface area (Å²) in [6.07, 6.45) is -0.106. The van der Waals surface area contributed by atoms with Gasteiger partial charge in [-0.3, -0.25) is 0 Å². The number of aliphatic hydroxyl groups excluding tert-OH is 1. The number of alkyl halides is 3. The van der Waals surface area contributed by atoms with Crippen LogP contribution >= 0.6 is 0 Å². The average Bonchev–Trinajstić information content (AvgIpc) is 2.42. The van der Waals surface area contributed by atoms with Crippen molar-refractivity contribution >= 4 is 0 Å². The maximum Gasteiger partial charge on any atom is 0.416 e. The Bertz CT molecular complexity index is 384. The molecule has 0 aliphatic carbocycles. The summed E-state index contributed by atoms with van der Waals surface area (Å²) in [6, 6.07) is 4.82. The van der Waals surface area contributed by atoms with Gasteiger partial charge in [-0.05, 0) is 30.0 Å². The van der Waals surface area contributed by atoms with Crippen molar-refractivity contribution in [1.82, 2.24) is 0 Å². The van der Waals surface area contributed by atoms with E-state index in [0.29, 0.717) is 17.9 Å². The molecule has 0 saturated heterocycles. The number of hydrogen-bond donors (Lipinski definition) is 1. The number of benzene rings is 1. The molecule has 114 valence electrons. The Morgan fingerprint density at radius 3 is 2.15 bits per heavy atom. The first-order valence-electron chi connectivity index (χ1n) is 7.23. The molecule has 1 rings (SSSR count). The summed E-state index contributed by atoms with van der Waals surface area (Å²) in [5, 5.41) is 10.1. The second kappa shape index (κ2) is 7.67. The van der Waals surface area contributed by atoms with Gasteiger partial charge in [0, 0.05) is 0 Å². The van der Waals surface area contributed by atoms with Gasteiger partial charge < -0.3 is 5.11 Å². The van der Waals surface area contributed by atoms with E-state index in [4.69, 9.17) is 0 Å². The molecule has 1 N–H and O–H groups in total. The minimum Gasteiger partial charge on any atom is -0.388 e. The Hall–Kier alpha value is -1.03. The molecule has 0 amide bonds. The second-order valence-electron chi connectivity index (χ2n) is 5.29. The second-order valence-corrected chi connectivity index (χ2v) is 5.29. The molecule has 0 saturated carbocycles. The maximum atomic E-state index is 12.5. The van der Waals surface area contributed by atoms with Gasteiger partial charge in [0.1, 0.15) is 0 Å². The summed E-state index contributed by atoms with van der Waals surface area (Å²) in [7, 11) is 0. The van der Waals surface area contributed by atoms with Crippen LogP contribution in [0, 0.1) is 5.92 Å². The van der Waals surface area contributed by atoms with Crippen molar-refractivity contribution in [2.45, 2.75) is 58.2 Å². The summed E-state index contributed by atoms with van der Waals surface area (Å²) in [5.41, 5.74) is -0.112. The fourth-order valence-electron chi connectivity index (χ4n) is 2.33. The van der Waals surface area contributed by atoms with E-state index in [9.17, 15) is 18.3 Å². The third-order valence-electron chi connectivity index (χ3n) is 3.72. The lowest BCUT2D eigenvalue weighted by molar-refractivity contribution is -0.137. The first-order valence-corrected chi connectivity index (χ1v) is 7.23. The zero-order valence-electron chi connectivity index (χ0n) is 12.1. The lowest BCUT2D eigenvalue weighted by atomic mass is 9.90. The van der Waals surface area contributed by atoms with Crippen LogP contribution in [0.25, 0.3) is 0 Å². The largest absolute Gasteiger partial charge is 0.416 e. The minimum atomic E-state index is -4.32. The molecule has 0 bridgehead atoms. The van der Waals surface area contributed by atoms with Gasteiger partial charge in [0.2, 0.25) is 0 Å². The van der Waals surface area contributed by atoms with Crippen LogP contribution in [0.15, 0.2) is 24.3 Å². The highest BCUT2D eigenvalue weighted by molar-refractivity contribution is 5.26. The third kappa shape index (κ3) is 5.16. The third-order valence-corrected chi connectivity index (χ3v) is 3.72. The van der Waals surface area contributed by atoms with Crippen LogP contribution in [0.2, 0.25) is 0 Å². The Kier molecular flexibility index (Phi) is 6.53. The lowest BCUT2D eigenvalue weighted by Gasteiger charge is -2.19. The van der Waals surface area contributed by atoms with Crippen molar-refractivity contribution < 1.29 is 18.3 Å². The predicted molar refractivity (Wildman–Crippen MR) is 74.3 cm³/mol. The van der Waals surface area contributed by atoms with Gasteiger partial charge in [0.15, 0.2) is 0 Å². The minimum absolute atomic E-state index is 0.423. The Morgan fingerprint density at radius 1 is 1.10 bits per heavy atom. The molecule has 0 aliphatic rings. The summed E-state index contributed by atoms with van der Waals surface area (Å²) >= 11 is 0. The molecule has 20 heavy (non-hydrogen) atoms. The Labute approximate surface area is 118 Å². The molecular formula is C16H23F3O. The molecule has 2 unspecified atom stereocenters. The summed E-state index contributed by atoms with van der Waals surface area (Å²) in [5.74, 6) is 0.423. The monoisotopic (exact) mass is 288 g/mol. The van der Waals surface area contributed by atoms with Crippen LogP contribution in [0.3, 0.4) is 0 Å². The van der Waals surface area contributed by atoms with Gasteiger partial charge in [0.25, 0.3) is 0 Å². The van der Waals surface area contributed by atoms with E-state index < -0.39 is 17.8 Å². The van der Waals surface area contributed by atoms with Gasteiger partial charge in [-0.2, -0.15) is 13.2 Å². The SMILES string of the molecule is CCCCC(CC)CC(O)c1ccc(C(F)(F)F)cc1. The van der Waals surface area contributed by atoms with E-state index in [1.54, 1.807) is 0 Å². The maximum absolute atomic E-state index is 12.5. The van der Waals surface area contributed by atoms with Gasteiger partial charge in [-0.1, -0.05) is 51.7 Å². The smallest absolute Gasteiger partial charge is 0.388 e. The number of aliphatic hydroxyl groups is 1. The van der Waals surface area contributed by atoms with Gasteiger partial charge in [-0.15, -0.1) is 0 Å². The van der Waals surface area contributed by atoms with Crippen LogP contribution < -0.4 is 0 Å². The van der Waals surface area contributed by atoms with Crippen LogP contribution in [0.1, 0.15) is 63.2 Å². The molecule has 0 radical (unpaired) electrons. The first kappa shape index (κ1) is 17.0. The zero-order chi connectivity index (χ0) is 15.2. The molecule has 0 fully saturated rings. The molecule has 0 aromatic heterocycles. The molecule has 1 aromatic rings. The topological polar surface area (TPSA) is 20.2 Å². The molecule has 0 heterocycles. The highest BCUT2D eigenvalue weighted by Gasteiger charge is 2.30. The van der Waals surface area contributed by atoms with Crippen LogP contribution in [-0.4, -0.2) is 5.11 Å². The molecule has 1 aromatic carbocycles. The molecule has 0 spiro atoms. The summed E-state index contributed by atoms with van der Waals surface area (Å²) in [6.45, 7) is 4.21. The van der Waals surface area contributed by atoms with Crippen molar-refractivity contribution in [2.24, 2.45) is 5.92 Å². The predicted octanol–water partition coefficient (Wildman–Crippen LogP) is 5.35. The lowest BCUT2D eigenvalue weighted by Crippen LogP contribution is -2.08. The fourth-order valence-corrected chi connectivity index (χ4v) is 2.33. The van der Waals surface area contributed by atoms with E-state index in [0.717, 1.165) is 37.8 Å². The quantitative estimate of drug-likeness (QED) is 0.717. The zero-order valence-corrected chi connectivity index (χ0v) is 12.1. The molecule has 1 nitrogen and oxygen atoms in total. The highest BCUT2D eigenvalue weighted by atomic mass is 19.4. The Morgan fingerprint density at radius 2 is 1.70 bits per heavy atom. The molecule has 2 atom stereocenters. The standard InChI is InChI=1S/C16H23F3O/c1-3-5-6-12(4-2)11-15(20)13-7-9-14(10-8-13)16(17,18)19/h7-10,12,15,20H,3-6,11H2,1-2H3. The molecule has 0 aliphatic heterocycles. The summed E-state index contributed by atoms with van der Waals surface area (Å²) in [4.78, 5) is 0. The van der Waals surface area contributed by atoms with E-state index in [1.165, 1.54) is 12.1 Å². The normalized spacial score (nSPS) is 15.1. The van der Waals surface area contributed by atoms with Gasteiger partial charge >= 0.3 is 6.18 Å². The van der Waals surface area contributed by atoms with Crippen molar-refractivity contribution in [2.75, 3.05) is 0 Å². The number of unbranched alkanes of at least 4 members (excludes halogenated alkanes) is 1. The first-order chi connectivity index (χ1) is 9.38. The number of halogens is 3. The molecular weight excluding hydrogens is 265 g/mol. The highest BCUT2D eigenvalue weighted by Crippen LogP contribution is 2.31. The van der Waals surface area contributed by atoms with Crippen LogP contribution in [0.4, 0.5) is 13.2 Å². The Balaban J connectivity index is 2.65. The fraction of sp³-hybridized carbons (Fsp3) is 0.625. The van der Waals surface area contributed by atoms with Gasteiger partial charge in [-0.25, -0.2) is 0 Å². The van der Waals surface area contributed by atoms with E-state index in [-0.39, 0.29) is 0 Å². The summed E-state index contributed by atoms with van der Waals surface area (Å²) < 4.78 is 37.4. The van der Waals surface area contributed by atoms with Crippen molar-refractivity contribution in [3.8, 4) is 0 Å². The average molecular weight is 288 g/mol.